The largest absolute Gasteiger partial charge is 0.573 e. The molecule has 0 radical (unpaired) electrons. The van der Waals surface area contributed by atoms with E-state index in [0.29, 0.717) is 70.1 Å². The van der Waals surface area contributed by atoms with Gasteiger partial charge in [-0.15, -0.1) is 13.6 Å². The van der Waals surface area contributed by atoms with Crippen LogP contribution in [0.4, 0.5) is 0 Å². The summed E-state index contributed by atoms with van der Waals surface area (Å²) in [6.45, 7) is 8.83. The van der Waals surface area contributed by atoms with E-state index in [4.69, 9.17) is 13.6 Å². The van der Waals surface area contributed by atoms with E-state index in [0.717, 1.165) is 77.4 Å². The fraction of sp³-hybridized carbons (Fsp3) is 0.571. The van der Waals surface area contributed by atoms with Gasteiger partial charge < -0.3 is 36.7 Å². The average Bonchev–Trinajstić information content (AvgIpc) is 3.25. The van der Waals surface area contributed by atoms with Crippen molar-refractivity contribution in [3.63, 3.8) is 0 Å². The van der Waals surface area contributed by atoms with Crippen LogP contribution in [0.5, 0.6) is 17.2 Å². The second-order valence-corrected chi connectivity index (χ2v) is 17.3. The first kappa shape index (κ1) is 47.0. The van der Waals surface area contributed by atoms with Crippen LogP contribution >= 0.6 is 8.17 Å². The maximum absolute atomic E-state index is 12.1. The topological polar surface area (TPSA) is 252 Å². The number of nitrogens with zero attached hydrogens (tertiary/aromatic N) is 6. The first-order valence-corrected chi connectivity index (χ1v) is 22.4. The highest BCUT2D eigenvalue weighted by atomic mass is 31.2. The molecule has 3 atom stereocenters. The van der Waals surface area contributed by atoms with E-state index >= 15 is 0 Å². The molecule has 0 spiro atoms. The Morgan fingerprint density at radius 3 is 1.13 bits per heavy atom. The van der Waals surface area contributed by atoms with Gasteiger partial charge in [0.05, 0.1) is 36.7 Å². The van der Waals surface area contributed by atoms with Gasteiger partial charge in [-0.1, -0.05) is 19.3 Å². The number of nitrogens with one attached hydrogen (secondary N) is 3. The van der Waals surface area contributed by atoms with E-state index in [9.17, 15) is 20.2 Å². The Morgan fingerprint density at radius 2 is 0.867 bits per heavy atom. The highest BCUT2D eigenvalue weighted by Gasteiger charge is 2.46. The Labute approximate surface area is 353 Å². The summed E-state index contributed by atoms with van der Waals surface area (Å²) in [4.78, 5) is 39.1. The molecule has 0 bridgehead atoms. The van der Waals surface area contributed by atoms with E-state index in [1.54, 1.807) is 58.0 Å². The van der Waals surface area contributed by atoms with Crippen molar-refractivity contribution in [3.8, 4) is 17.2 Å². The van der Waals surface area contributed by atoms with Crippen molar-refractivity contribution < 1.29 is 39.3 Å². The number of piperidine rings is 3. The molecule has 328 valence electrons. The van der Waals surface area contributed by atoms with Crippen LogP contribution < -0.4 is 16.0 Å². The molecule has 0 aromatic carbocycles. The standard InChI is InChI=1S/C42H60N9O7P.H2O/c1-28-40(52)37(22-43-19-34-10-4-7-13-46-34)31(16-49-28)25-56-59(55,57-26-32-17-50-29(2)41(53)38(32)23-44-20-35-11-5-8-14-47-35)58-27-33-18-51-30(3)42(54)39(33)24-45-21-36-12-6-9-15-48-36;/h16-18,22-24,34-36,46-48,55H,4-15,19-21,25-27H2,1-3H3,(H2-,43,44,45,52,53,54);1H2/p+1. The van der Waals surface area contributed by atoms with Gasteiger partial charge in [0, 0.05) is 88.7 Å². The second-order valence-electron chi connectivity index (χ2n) is 15.6. The summed E-state index contributed by atoms with van der Waals surface area (Å²) in [5.41, 5.74) is 3.87. The Bertz CT molecular complexity index is 1720. The summed E-state index contributed by atoms with van der Waals surface area (Å²) in [6, 6.07) is 0.769. The van der Waals surface area contributed by atoms with E-state index in [2.05, 4.69) is 45.9 Å². The molecule has 0 amide bonds. The summed E-state index contributed by atoms with van der Waals surface area (Å²) in [5.74, 6) is -0.133. The number of aromatic hydroxyl groups is 3. The van der Waals surface area contributed by atoms with Gasteiger partial charge in [0.25, 0.3) is 0 Å². The Hall–Kier alpha value is -4.03. The Kier molecular flexibility index (Phi) is 18.2. The van der Waals surface area contributed by atoms with Gasteiger partial charge in [0.2, 0.25) is 0 Å². The zero-order valence-electron chi connectivity index (χ0n) is 35.1. The molecule has 3 saturated heterocycles. The molecule has 0 saturated carbocycles. The van der Waals surface area contributed by atoms with Crippen molar-refractivity contribution in [2.75, 3.05) is 39.3 Å². The molecule has 6 rings (SSSR count). The maximum Gasteiger partial charge on any atom is 0.573 e. The van der Waals surface area contributed by atoms with Crippen LogP contribution in [0.1, 0.15) is 108 Å². The van der Waals surface area contributed by atoms with Crippen LogP contribution in [0.15, 0.2) is 33.6 Å². The van der Waals surface area contributed by atoms with Gasteiger partial charge in [-0.05, 0) is 78.9 Å². The first-order valence-electron chi connectivity index (χ1n) is 20.9. The molecule has 60 heavy (non-hydrogen) atoms. The number of hydrogen-bond donors (Lipinski definition) is 7. The van der Waals surface area contributed by atoms with Crippen LogP contribution in [-0.4, -0.2) is 117 Å². The third kappa shape index (κ3) is 13.2. The van der Waals surface area contributed by atoms with Crippen molar-refractivity contribution >= 4 is 26.8 Å². The van der Waals surface area contributed by atoms with E-state index < -0.39 is 8.17 Å². The maximum atomic E-state index is 12.1. The second kappa shape index (κ2) is 23.3. The van der Waals surface area contributed by atoms with E-state index in [1.165, 1.54) is 0 Å². The Balaban J connectivity index is 0.00000683. The molecular formula is C42H63N9O8P+. The molecule has 3 fully saturated rings. The van der Waals surface area contributed by atoms with Gasteiger partial charge in [-0.25, -0.2) is 0 Å². The van der Waals surface area contributed by atoms with Crippen LogP contribution in [0.2, 0.25) is 0 Å². The molecule has 17 nitrogen and oxygen atoms in total. The minimum Gasteiger partial charge on any atom is -0.505 e. The van der Waals surface area contributed by atoms with Gasteiger partial charge in [0.15, 0.2) is 0 Å². The highest BCUT2D eigenvalue weighted by Crippen LogP contribution is 2.60. The summed E-state index contributed by atoms with van der Waals surface area (Å²) >= 11 is 0. The van der Waals surface area contributed by atoms with Crippen molar-refractivity contribution in [2.45, 2.75) is 117 Å². The highest BCUT2D eigenvalue weighted by molar-refractivity contribution is 7.55. The number of aryl methyl sites for hydroxylation is 3. The van der Waals surface area contributed by atoms with Gasteiger partial charge in [-0.2, -0.15) is 4.89 Å². The molecule has 3 aromatic heterocycles. The van der Waals surface area contributed by atoms with Gasteiger partial charge in [0.1, 0.15) is 37.1 Å². The SMILES string of the molecule is Cc1ncc(CO[P+](O)(OCc2cnc(C)c(O)c2C=NCC2CCCCN2)OCc2cnc(C)c(O)c2C=NCC2CCCCN2)c(C=NCC2CCCCN2)c1O.O. The summed E-state index contributed by atoms with van der Waals surface area (Å²) in [5, 5.41) is 43.7. The first-order chi connectivity index (χ1) is 28.6. The number of hydrogen-bond acceptors (Lipinski definition) is 16. The third-order valence-electron chi connectivity index (χ3n) is 11.1. The predicted octanol–water partition coefficient (Wildman–Crippen LogP) is 4.39. The quantitative estimate of drug-likeness (QED) is 0.0694. The molecule has 0 aliphatic carbocycles. The normalized spacial score (nSPS) is 21.1. The summed E-state index contributed by atoms with van der Waals surface area (Å²) in [7, 11) is -4.24. The smallest absolute Gasteiger partial charge is 0.505 e. The van der Waals surface area contributed by atoms with Crippen LogP contribution in [0.25, 0.3) is 0 Å². The van der Waals surface area contributed by atoms with Crippen molar-refractivity contribution in [2.24, 2.45) is 15.0 Å². The molecule has 6 heterocycles. The average molecular weight is 853 g/mol. The van der Waals surface area contributed by atoms with Crippen LogP contribution in [0.3, 0.4) is 0 Å². The zero-order valence-corrected chi connectivity index (χ0v) is 36.0. The lowest BCUT2D eigenvalue weighted by molar-refractivity contribution is 0.0660. The summed E-state index contributed by atoms with van der Waals surface area (Å²) < 4.78 is 18.4. The third-order valence-corrected chi connectivity index (χ3v) is 12.5. The number of rotatable bonds is 18. The molecule has 3 aromatic rings. The van der Waals surface area contributed by atoms with Crippen LogP contribution in [0, 0.1) is 20.8 Å². The van der Waals surface area contributed by atoms with Crippen molar-refractivity contribution in [3.05, 3.63) is 69.1 Å². The molecule has 3 aliphatic rings. The summed E-state index contributed by atoms with van der Waals surface area (Å²) in [6.07, 6.45) is 19.5. The Morgan fingerprint density at radius 1 is 0.567 bits per heavy atom. The van der Waals surface area contributed by atoms with Crippen molar-refractivity contribution in [1.82, 2.24) is 30.9 Å². The fourth-order valence-corrected chi connectivity index (χ4v) is 8.48. The molecule has 9 N–H and O–H groups in total. The predicted molar refractivity (Wildman–Crippen MR) is 233 cm³/mol. The molecule has 18 heteroatoms. The molecule has 3 unspecified atom stereocenters. The lowest BCUT2D eigenvalue weighted by Crippen LogP contribution is -2.36. The molecular weight excluding hydrogens is 789 g/mol. The lowest BCUT2D eigenvalue weighted by atomic mass is 10.1. The van der Waals surface area contributed by atoms with E-state index in [1.807, 2.05) is 0 Å². The number of aromatic nitrogens is 3. The van der Waals surface area contributed by atoms with Crippen molar-refractivity contribution in [1.29, 1.82) is 0 Å². The van der Waals surface area contributed by atoms with Crippen LogP contribution in [-0.2, 0) is 33.4 Å². The monoisotopic (exact) mass is 852 g/mol. The lowest BCUT2D eigenvalue weighted by Gasteiger charge is -2.21. The molecule has 3 aliphatic heterocycles. The zero-order chi connectivity index (χ0) is 41.6. The van der Waals surface area contributed by atoms with E-state index in [-0.39, 0.29) is 60.7 Å². The fourth-order valence-electron chi connectivity index (χ4n) is 7.35. The van der Waals surface area contributed by atoms with Gasteiger partial charge >= 0.3 is 8.17 Å². The minimum absolute atomic E-state index is 0. The number of pyridine rings is 3. The minimum atomic E-state index is -4.24. The van der Waals surface area contributed by atoms with Gasteiger partial charge in [-0.3, -0.25) is 29.9 Å². The number of aliphatic imine (C=N–C) groups is 3.